The van der Waals surface area contributed by atoms with Crippen LogP contribution < -0.4 is 17.2 Å². The first-order chi connectivity index (χ1) is 11.0. The Labute approximate surface area is 162 Å². The van der Waals surface area contributed by atoms with E-state index in [1.165, 1.54) is 12.1 Å². The quantitative estimate of drug-likeness (QED) is 0.559. The smallest absolute Gasteiger partial charge is 0.337 e. The standard InChI is InChI=1S/C7H8ClN3O.C7H7ClN2O2.2CH4/c1-3-2-4(7(10)12)5(9)6(8)11-3;1-3-2-4(7(11)12)5(9)6(8)10-3;;/h2H,9H2,1H3,(H2,10,12);2H,9H2,1H3,(H,11,12);2*1H4. The zero-order valence-corrected chi connectivity index (χ0v) is 14.3. The number of carboxylic acid groups (broad SMARTS) is 1. The van der Waals surface area contributed by atoms with Crippen molar-refractivity contribution in [1.82, 2.24) is 9.97 Å². The van der Waals surface area contributed by atoms with Crippen molar-refractivity contribution in [3.05, 3.63) is 45.0 Å². The van der Waals surface area contributed by atoms with Gasteiger partial charge in [0.05, 0.1) is 22.5 Å². The molecule has 8 nitrogen and oxygen atoms in total. The van der Waals surface area contributed by atoms with Gasteiger partial charge in [0, 0.05) is 11.4 Å². The third-order valence-corrected chi connectivity index (χ3v) is 3.35. The van der Waals surface area contributed by atoms with Crippen LogP contribution in [0.4, 0.5) is 11.4 Å². The molecule has 0 aromatic carbocycles. The van der Waals surface area contributed by atoms with Crippen LogP contribution in [-0.4, -0.2) is 27.0 Å². The van der Waals surface area contributed by atoms with E-state index in [1.807, 2.05) is 0 Å². The minimum absolute atomic E-state index is 0. The number of aromatic nitrogens is 2. The van der Waals surface area contributed by atoms with Crippen LogP contribution in [0.15, 0.2) is 12.1 Å². The summed E-state index contributed by atoms with van der Waals surface area (Å²) in [5.74, 6) is -1.69. The molecule has 2 heterocycles. The van der Waals surface area contributed by atoms with E-state index in [1.54, 1.807) is 13.8 Å². The first-order valence-electron chi connectivity index (χ1n) is 6.42. The van der Waals surface area contributed by atoms with E-state index in [0.29, 0.717) is 11.4 Å². The number of nitrogens with two attached hydrogens (primary N) is 3. The van der Waals surface area contributed by atoms with E-state index in [4.69, 9.17) is 45.5 Å². The van der Waals surface area contributed by atoms with Gasteiger partial charge in [0.1, 0.15) is 0 Å². The number of halogens is 2. The molecule has 0 saturated heterocycles. The fraction of sp³-hybridized carbons (Fsp3) is 0.250. The van der Waals surface area contributed by atoms with Crippen LogP contribution in [-0.2, 0) is 0 Å². The first kappa shape index (κ1) is 25.7. The van der Waals surface area contributed by atoms with Crippen molar-refractivity contribution in [3.8, 4) is 0 Å². The Balaban J connectivity index is 0. The Bertz CT molecular complexity index is 745. The summed E-state index contributed by atoms with van der Waals surface area (Å²) in [6.07, 6.45) is 0. The first-order valence-corrected chi connectivity index (χ1v) is 7.18. The molecule has 26 heavy (non-hydrogen) atoms. The Hall–Kier alpha value is -2.58. The summed E-state index contributed by atoms with van der Waals surface area (Å²) in [5.41, 5.74) is 17.4. The maximum Gasteiger partial charge on any atom is 0.337 e. The van der Waals surface area contributed by atoms with Crippen LogP contribution in [0.3, 0.4) is 0 Å². The van der Waals surface area contributed by atoms with E-state index in [9.17, 15) is 9.59 Å². The number of rotatable bonds is 2. The van der Waals surface area contributed by atoms with E-state index in [0.717, 1.165) is 0 Å². The number of nitrogens with zero attached hydrogens (tertiary/aromatic N) is 2. The molecule has 0 spiro atoms. The third kappa shape index (κ3) is 6.38. The molecule has 0 atom stereocenters. The fourth-order valence-electron chi connectivity index (χ4n) is 1.67. The predicted molar refractivity (Wildman–Crippen MR) is 106 cm³/mol. The molecule has 0 unspecified atom stereocenters. The van der Waals surface area contributed by atoms with Crippen LogP contribution in [0, 0.1) is 13.8 Å². The lowest BCUT2D eigenvalue weighted by atomic mass is 10.2. The molecule has 0 aliphatic heterocycles. The zero-order valence-electron chi connectivity index (χ0n) is 12.8. The highest BCUT2D eigenvalue weighted by molar-refractivity contribution is 6.33. The van der Waals surface area contributed by atoms with Crippen molar-refractivity contribution in [2.24, 2.45) is 5.73 Å². The van der Waals surface area contributed by atoms with Crippen molar-refractivity contribution in [2.75, 3.05) is 11.5 Å². The maximum atomic E-state index is 10.8. The molecule has 1 amide bonds. The zero-order chi connectivity index (χ0) is 18.6. The maximum absolute atomic E-state index is 10.8. The number of carbonyl (C=O) groups excluding carboxylic acids is 1. The SMILES string of the molecule is C.C.Cc1cc(C(=O)O)c(N)c(Cl)n1.Cc1cc(C(N)=O)c(N)c(Cl)n1. The molecule has 144 valence electrons. The molecular formula is C16H23Cl2N5O3. The van der Waals surface area contributed by atoms with Gasteiger partial charge in [-0.2, -0.15) is 0 Å². The molecule has 7 N–H and O–H groups in total. The molecule has 0 fully saturated rings. The number of nitrogen functional groups attached to an aromatic ring is 2. The van der Waals surface area contributed by atoms with Gasteiger partial charge < -0.3 is 22.3 Å². The van der Waals surface area contributed by atoms with Crippen molar-refractivity contribution in [1.29, 1.82) is 0 Å². The molecule has 2 rings (SSSR count). The van der Waals surface area contributed by atoms with Gasteiger partial charge in [-0.05, 0) is 26.0 Å². The average Bonchev–Trinajstić information content (AvgIpc) is 2.46. The molecule has 10 heteroatoms. The van der Waals surface area contributed by atoms with Crippen molar-refractivity contribution in [2.45, 2.75) is 28.7 Å². The molecule has 0 aliphatic carbocycles. The summed E-state index contributed by atoms with van der Waals surface area (Å²) in [7, 11) is 0. The van der Waals surface area contributed by atoms with Gasteiger partial charge in [-0.1, -0.05) is 38.1 Å². The van der Waals surface area contributed by atoms with Gasteiger partial charge >= 0.3 is 5.97 Å². The number of hydrogen-bond acceptors (Lipinski definition) is 6. The molecule has 0 radical (unpaired) electrons. The van der Waals surface area contributed by atoms with Crippen LogP contribution in [0.1, 0.15) is 47.0 Å². The van der Waals surface area contributed by atoms with Gasteiger partial charge in [0.25, 0.3) is 5.91 Å². The summed E-state index contributed by atoms with van der Waals surface area (Å²) >= 11 is 11.2. The second-order valence-electron chi connectivity index (χ2n) is 4.70. The minimum Gasteiger partial charge on any atom is -0.478 e. The van der Waals surface area contributed by atoms with Crippen molar-refractivity contribution >= 4 is 46.5 Å². The Morgan fingerprint density at radius 1 is 0.923 bits per heavy atom. The van der Waals surface area contributed by atoms with Gasteiger partial charge in [-0.25, -0.2) is 14.8 Å². The van der Waals surface area contributed by atoms with Gasteiger partial charge in [0.2, 0.25) is 0 Å². The van der Waals surface area contributed by atoms with E-state index in [2.05, 4.69) is 9.97 Å². The summed E-state index contributed by atoms with van der Waals surface area (Å²) < 4.78 is 0. The minimum atomic E-state index is -1.10. The monoisotopic (exact) mass is 403 g/mol. The molecule has 2 aromatic rings. The lowest BCUT2D eigenvalue weighted by molar-refractivity contribution is 0.0697. The number of anilines is 2. The predicted octanol–water partition coefficient (Wildman–Crippen LogP) is 3.32. The lowest BCUT2D eigenvalue weighted by Gasteiger charge is -2.03. The Morgan fingerprint density at radius 3 is 1.62 bits per heavy atom. The number of aromatic carboxylic acids is 1. The van der Waals surface area contributed by atoms with Crippen LogP contribution in [0.25, 0.3) is 0 Å². The van der Waals surface area contributed by atoms with E-state index < -0.39 is 11.9 Å². The molecule has 0 saturated carbocycles. The Kier molecular flexibility index (Phi) is 10.3. The van der Waals surface area contributed by atoms with Gasteiger partial charge in [0.15, 0.2) is 10.3 Å². The van der Waals surface area contributed by atoms with Gasteiger partial charge in [-0.3, -0.25) is 4.79 Å². The number of carbonyl (C=O) groups is 2. The number of aryl methyl sites for hydroxylation is 2. The van der Waals surface area contributed by atoms with Crippen molar-refractivity contribution in [3.63, 3.8) is 0 Å². The topological polar surface area (TPSA) is 158 Å². The number of hydrogen-bond donors (Lipinski definition) is 4. The van der Waals surface area contributed by atoms with Crippen LogP contribution in [0.5, 0.6) is 0 Å². The van der Waals surface area contributed by atoms with Gasteiger partial charge in [-0.15, -0.1) is 0 Å². The molecular weight excluding hydrogens is 381 g/mol. The summed E-state index contributed by atoms with van der Waals surface area (Å²) in [5, 5.41) is 8.80. The summed E-state index contributed by atoms with van der Waals surface area (Å²) in [6.45, 7) is 3.36. The summed E-state index contributed by atoms with van der Waals surface area (Å²) in [6, 6.07) is 2.88. The number of primary amides is 1. The van der Waals surface area contributed by atoms with Crippen molar-refractivity contribution < 1.29 is 14.7 Å². The normalized spacial score (nSPS) is 9.08. The lowest BCUT2D eigenvalue weighted by Crippen LogP contribution is -2.14. The third-order valence-electron chi connectivity index (χ3n) is 2.78. The highest BCUT2D eigenvalue weighted by Gasteiger charge is 2.12. The van der Waals surface area contributed by atoms with E-state index in [-0.39, 0.29) is 47.7 Å². The second-order valence-corrected chi connectivity index (χ2v) is 5.42. The second kappa shape index (κ2) is 10.4. The largest absolute Gasteiger partial charge is 0.478 e. The number of carboxylic acids is 1. The highest BCUT2D eigenvalue weighted by Crippen LogP contribution is 2.21. The van der Waals surface area contributed by atoms with Crippen LogP contribution in [0.2, 0.25) is 10.3 Å². The van der Waals surface area contributed by atoms with E-state index >= 15 is 0 Å². The number of pyridine rings is 2. The average molecular weight is 404 g/mol. The summed E-state index contributed by atoms with van der Waals surface area (Å²) in [4.78, 5) is 29.0. The molecule has 0 bridgehead atoms. The molecule has 0 aliphatic rings. The fourth-order valence-corrected chi connectivity index (χ4v) is 2.14. The highest BCUT2D eigenvalue weighted by atomic mass is 35.5. The molecule has 2 aromatic heterocycles. The van der Waals surface area contributed by atoms with Crippen LogP contribution >= 0.6 is 23.2 Å². The Morgan fingerprint density at radius 2 is 1.27 bits per heavy atom. The number of amides is 1.